The zero-order chi connectivity index (χ0) is 26.9. The van der Waals surface area contributed by atoms with Crippen molar-refractivity contribution in [2.24, 2.45) is 0 Å². The van der Waals surface area contributed by atoms with Crippen LogP contribution in [-0.2, 0) is 24.4 Å². The van der Waals surface area contributed by atoms with E-state index in [1.807, 2.05) is 48.5 Å². The molecule has 0 bridgehead atoms. The van der Waals surface area contributed by atoms with E-state index in [1.165, 1.54) is 6.33 Å². The van der Waals surface area contributed by atoms with Crippen LogP contribution in [-0.4, -0.2) is 58.0 Å². The summed E-state index contributed by atoms with van der Waals surface area (Å²) in [5, 5.41) is 5.83. The first-order valence-electron chi connectivity index (χ1n) is 12.5. The molecule has 0 unspecified atom stereocenters. The minimum absolute atomic E-state index is 0.0458. The largest absolute Gasteiger partial charge is 0.497 e. The topological polar surface area (TPSA) is 115 Å². The highest BCUT2D eigenvalue weighted by molar-refractivity contribution is 6.07. The molecule has 2 aromatic carbocycles. The number of hydrogen-bond acceptors (Lipinski definition) is 6. The number of rotatable bonds is 9. The standard InChI is InChI=1S/C28H31N5O5/c1-28(27(36)30-14-18-7-11-21(37-2)12-8-18)16-32-17-31-23(24(32)26(35)33(28)20-9-10-20)25(34)29-15-19-5-4-6-22(13-19)38-3/h4-8,11-13,17,20H,9-10,14-16H2,1-3H3,(H,29,34)(H,30,36)/t28-/m0/s1. The van der Waals surface area contributed by atoms with Gasteiger partial charge in [-0.05, 0) is 55.2 Å². The van der Waals surface area contributed by atoms with Gasteiger partial charge < -0.3 is 29.6 Å². The fraction of sp³-hybridized carbons (Fsp3) is 0.357. The van der Waals surface area contributed by atoms with Gasteiger partial charge in [-0.1, -0.05) is 24.3 Å². The molecule has 1 atom stereocenters. The van der Waals surface area contributed by atoms with Crippen LogP contribution < -0.4 is 20.1 Å². The molecule has 3 amide bonds. The quantitative estimate of drug-likeness (QED) is 0.451. The third-order valence-electron chi connectivity index (χ3n) is 7.08. The summed E-state index contributed by atoms with van der Waals surface area (Å²) in [4.78, 5) is 46.3. The molecule has 1 saturated carbocycles. The molecule has 2 N–H and O–H groups in total. The lowest BCUT2D eigenvalue weighted by molar-refractivity contribution is -0.133. The molecular weight excluding hydrogens is 486 g/mol. The van der Waals surface area contributed by atoms with Gasteiger partial charge in [-0.3, -0.25) is 14.4 Å². The first-order valence-corrected chi connectivity index (χ1v) is 12.5. The van der Waals surface area contributed by atoms with Crippen LogP contribution in [0.5, 0.6) is 11.5 Å². The van der Waals surface area contributed by atoms with Crippen molar-refractivity contribution in [2.75, 3.05) is 14.2 Å². The second-order valence-corrected chi connectivity index (χ2v) is 9.81. The Morgan fingerprint density at radius 2 is 1.71 bits per heavy atom. The molecule has 0 radical (unpaired) electrons. The summed E-state index contributed by atoms with van der Waals surface area (Å²) in [7, 11) is 3.18. The molecule has 0 saturated heterocycles. The van der Waals surface area contributed by atoms with Crippen LogP contribution in [0.1, 0.15) is 51.9 Å². The van der Waals surface area contributed by atoms with E-state index in [9.17, 15) is 14.4 Å². The number of benzene rings is 2. The smallest absolute Gasteiger partial charge is 0.274 e. The van der Waals surface area contributed by atoms with Crippen LogP contribution in [0.2, 0.25) is 0 Å². The first kappa shape index (κ1) is 25.3. The monoisotopic (exact) mass is 517 g/mol. The van der Waals surface area contributed by atoms with E-state index in [0.717, 1.165) is 29.7 Å². The van der Waals surface area contributed by atoms with Crippen LogP contribution in [0.3, 0.4) is 0 Å². The molecule has 2 aliphatic rings. The number of fused-ring (bicyclic) bond motifs is 1. The molecule has 38 heavy (non-hydrogen) atoms. The number of nitrogens with zero attached hydrogens (tertiary/aromatic N) is 3. The van der Waals surface area contributed by atoms with E-state index in [2.05, 4.69) is 15.6 Å². The van der Waals surface area contributed by atoms with Gasteiger partial charge in [0.1, 0.15) is 22.7 Å². The van der Waals surface area contributed by atoms with Gasteiger partial charge in [0, 0.05) is 19.1 Å². The number of hydrogen-bond donors (Lipinski definition) is 2. The molecule has 1 aliphatic carbocycles. The van der Waals surface area contributed by atoms with E-state index in [0.29, 0.717) is 12.3 Å². The van der Waals surface area contributed by atoms with Gasteiger partial charge in [-0.2, -0.15) is 0 Å². The van der Waals surface area contributed by atoms with Gasteiger partial charge in [-0.25, -0.2) is 4.98 Å². The second kappa shape index (κ2) is 10.2. The Labute approximate surface area is 220 Å². The van der Waals surface area contributed by atoms with E-state index < -0.39 is 11.4 Å². The second-order valence-electron chi connectivity index (χ2n) is 9.81. The highest BCUT2D eigenvalue weighted by atomic mass is 16.5. The van der Waals surface area contributed by atoms with Crippen molar-refractivity contribution in [1.29, 1.82) is 0 Å². The summed E-state index contributed by atoms with van der Waals surface area (Å²) in [5.41, 5.74) is 0.927. The lowest BCUT2D eigenvalue weighted by atomic mass is 9.93. The van der Waals surface area contributed by atoms with Crippen LogP contribution in [0, 0.1) is 0 Å². The SMILES string of the molecule is COc1ccc(CNC(=O)[C@]2(C)Cn3cnc(C(=O)NCc4cccc(OC)c4)c3C(=O)N2C2CC2)cc1. The maximum atomic E-state index is 13.8. The molecular formula is C28H31N5O5. The highest BCUT2D eigenvalue weighted by Gasteiger charge is 2.53. The zero-order valence-electron chi connectivity index (χ0n) is 21.7. The van der Waals surface area contributed by atoms with E-state index in [-0.39, 0.29) is 42.3 Å². The lowest BCUT2D eigenvalue weighted by Crippen LogP contribution is -2.64. The third-order valence-corrected chi connectivity index (χ3v) is 7.08. The molecule has 1 fully saturated rings. The van der Waals surface area contributed by atoms with Gasteiger partial charge in [-0.15, -0.1) is 0 Å². The van der Waals surface area contributed by atoms with Crippen molar-refractivity contribution in [2.45, 2.75) is 51.0 Å². The number of amides is 3. The molecule has 3 aromatic rings. The summed E-state index contributed by atoms with van der Waals surface area (Å²) in [6.07, 6.45) is 3.10. The average molecular weight is 518 g/mol. The molecule has 1 aliphatic heterocycles. The van der Waals surface area contributed by atoms with E-state index in [1.54, 1.807) is 30.6 Å². The molecule has 0 spiro atoms. The number of nitrogens with one attached hydrogen (secondary N) is 2. The van der Waals surface area contributed by atoms with E-state index >= 15 is 0 Å². The van der Waals surface area contributed by atoms with Gasteiger partial charge in [0.2, 0.25) is 5.91 Å². The fourth-order valence-corrected chi connectivity index (χ4v) is 4.89. The maximum Gasteiger partial charge on any atom is 0.274 e. The van der Waals surface area contributed by atoms with Gasteiger partial charge in [0.15, 0.2) is 5.69 Å². The molecule has 2 heterocycles. The first-order chi connectivity index (χ1) is 18.3. The molecule has 5 rings (SSSR count). The number of ether oxygens (including phenoxy) is 2. The third kappa shape index (κ3) is 4.81. The highest BCUT2D eigenvalue weighted by Crippen LogP contribution is 2.39. The van der Waals surface area contributed by atoms with Gasteiger partial charge >= 0.3 is 0 Å². The van der Waals surface area contributed by atoms with Gasteiger partial charge in [0.25, 0.3) is 11.8 Å². The van der Waals surface area contributed by atoms with Crippen LogP contribution in [0.4, 0.5) is 0 Å². The zero-order valence-corrected chi connectivity index (χ0v) is 21.7. The Kier molecular flexibility index (Phi) is 6.79. The Bertz CT molecular complexity index is 1360. The van der Waals surface area contributed by atoms with Crippen molar-refractivity contribution < 1.29 is 23.9 Å². The summed E-state index contributed by atoms with van der Waals surface area (Å²) in [6, 6.07) is 14.8. The Balaban J connectivity index is 1.33. The lowest BCUT2D eigenvalue weighted by Gasteiger charge is -2.44. The maximum absolute atomic E-state index is 13.8. The van der Waals surface area contributed by atoms with Gasteiger partial charge in [0.05, 0.1) is 27.1 Å². The minimum atomic E-state index is -1.12. The normalized spacial score (nSPS) is 18.5. The predicted octanol–water partition coefficient (Wildman–Crippen LogP) is 2.52. The Hall–Kier alpha value is -4.34. The van der Waals surface area contributed by atoms with Crippen LogP contribution in [0.15, 0.2) is 54.9 Å². The average Bonchev–Trinajstić information content (AvgIpc) is 3.68. The summed E-state index contributed by atoms with van der Waals surface area (Å²) >= 11 is 0. The number of aromatic nitrogens is 2. The van der Waals surface area contributed by atoms with Crippen molar-refractivity contribution in [3.05, 3.63) is 77.4 Å². The number of imidazole rings is 1. The van der Waals surface area contributed by atoms with Crippen molar-refractivity contribution in [1.82, 2.24) is 25.1 Å². The number of methoxy groups -OCH3 is 2. The predicted molar refractivity (Wildman–Crippen MR) is 139 cm³/mol. The van der Waals surface area contributed by atoms with Crippen molar-refractivity contribution in [3.63, 3.8) is 0 Å². The van der Waals surface area contributed by atoms with E-state index in [4.69, 9.17) is 9.47 Å². The number of carbonyl (C=O) groups is 3. The summed E-state index contributed by atoms with van der Waals surface area (Å²) in [5.74, 6) is 0.372. The minimum Gasteiger partial charge on any atom is -0.497 e. The van der Waals surface area contributed by atoms with Crippen LogP contribution in [0.25, 0.3) is 0 Å². The fourth-order valence-electron chi connectivity index (χ4n) is 4.89. The Morgan fingerprint density at radius 3 is 2.39 bits per heavy atom. The van der Waals surface area contributed by atoms with Crippen molar-refractivity contribution in [3.8, 4) is 11.5 Å². The number of carbonyl (C=O) groups excluding carboxylic acids is 3. The Morgan fingerprint density at radius 1 is 1.00 bits per heavy atom. The molecule has 10 heteroatoms. The summed E-state index contributed by atoms with van der Waals surface area (Å²) in [6.45, 7) is 2.56. The van der Waals surface area contributed by atoms with Crippen molar-refractivity contribution >= 4 is 17.7 Å². The summed E-state index contributed by atoms with van der Waals surface area (Å²) < 4.78 is 12.0. The molecule has 10 nitrogen and oxygen atoms in total. The molecule has 198 valence electrons. The molecule has 1 aromatic heterocycles. The van der Waals surface area contributed by atoms with Crippen LogP contribution >= 0.6 is 0 Å².